The van der Waals surface area contributed by atoms with Gasteiger partial charge in [-0.15, -0.1) is 0 Å². The van der Waals surface area contributed by atoms with E-state index in [2.05, 4.69) is 43.0 Å². The third kappa shape index (κ3) is 9.22. The summed E-state index contributed by atoms with van der Waals surface area (Å²) in [6.07, 6.45) is 4.12. The van der Waals surface area contributed by atoms with Crippen molar-refractivity contribution in [1.82, 2.24) is 4.90 Å². The van der Waals surface area contributed by atoms with Crippen LogP contribution in [0, 0.1) is 0 Å². The fraction of sp³-hybridized carbons (Fsp3) is 0.579. The van der Waals surface area contributed by atoms with Crippen molar-refractivity contribution in [3.63, 3.8) is 0 Å². The summed E-state index contributed by atoms with van der Waals surface area (Å²) >= 11 is 0. The molecule has 0 saturated carbocycles. The molecule has 25 heavy (non-hydrogen) atoms. The highest BCUT2D eigenvalue weighted by molar-refractivity contribution is 6.27. The Bertz CT molecular complexity index is 509. The maximum Gasteiger partial charge on any atom is 0.414 e. The van der Waals surface area contributed by atoms with Crippen LogP contribution in [0.1, 0.15) is 50.2 Å². The van der Waals surface area contributed by atoms with Gasteiger partial charge < -0.3 is 19.8 Å². The van der Waals surface area contributed by atoms with Gasteiger partial charge in [-0.3, -0.25) is 0 Å². The lowest BCUT2D eigenvalue weighted by Crippen LogP contribution is -2.32. The molecule has 0 aromatic heterocycles. The lowest BCUT2D eigenvalue weighted by molar-refractivity contribution is -0.159. The van der Waals surface area contributed by atoms with Crippen LogP contribution in [0.25, 0.3) is 0 Å². The summed E-state index contributed by atoms with van der Waals surface area (Å²) in [7, 11) is 0. The summed E-state index contributed by atoms with van der Waals surface area (Å²) in [6, 6.07) is 8.81. The monoisotopic (exact) mass is 351 g/mol. The predicted molar refractivity (Wildman–Crippen MR) is 95.7 cm³/mol. The molecule has 6 heteroatoms. The number of likely N-dealkylation sites (tertiary alicyclic amines) is 1. The molecule has 1 aromatic rings. The second-order valence-electron chi connectivity index (χ2n) is 6.46. The molecule has 0 bridgehead atoms. The number of benzene rings is 1. The lowest BCUT2D eigenvalue weighted by atomic mass is 10.0. The Morgan fingerprint density at radius 3 is 2.08 bits per heavy atom. The van der Waals surface area contributed by atoms with Gasteiger partial charge in [0.25, 0.3) is 0 Å². The summed E-state index contributed by atoms with van der Waals surface area (Å²) in [4.78, 5) is 20.7. The minimum absolute atomic E-state index is 0.606. The molecule has 0 unspecified atom stereocenters. The van der Waals surface area contributed by atoms with Gasteiger partial charge in [-0.1, -0.05) is 44.5 Å². The molecule has 2 rings (SSSR count). The standard InChI is InChI=1S/C17H27NO.C2H2O4/c1-15(2)17-8-6-16(7-9-17)14-19-13-12-18-10-4-3-5-11-18;3-1(4)2(5)6/h6-9,15H,3-5,10-14H2,1-2H3;(H,3,4)(H,5,6). The van der Waals surface area contributed by atoms with E-state index in [-0.39, 0.29) is 0 Å². The molecule has 0 amide bonds. The van der Waals surface area contributed by atoms with E-state index in [0.717, 1.165) is 19.8 Å². The molecule has 1 heterocycles. The number of hydrogen-bond acceptors (Lipinski definition) is 4. The van der Waals surface area contributed by atoms with Crippen LogP contribution in [0.4, 0.5) is 0 Å². The Balaban J connectivity index is 0.000000450. The van der Waals surface area contributed by atoms with Crippen molar-refractivity contribution in [3.8, 4) is 0 Å². The van der Waals surface area contributed by atoms with Gasteiger partial charge in [0.2, 0.25) is 0 Å². The van der Waals surface area contributed by atoms with Crippen LogP contribution in [0.2, 0.25) is 0 Å². The first-order valence-corrected chi connectivity index (χ1v) is 8.75. The number of carboxylic acid groups (broad SMARTS) is 2. The molecule has 1 fully saturated rings. The van der Waals surface area contributed by atoms with Crippen LogP contribution in [0.3, 0.4) is 0 Å². The average molecular weight is 351 g/mol. The molecular weight excluding hydrogens is 322 g/mol. The minimum atomic E-state index is -1.82. The molecule has 6 nitrogen and oxygen atoms in total. The van der Waals surface area contributed by atoms with E-state index in [9.17, 15) is 0 Å². The number of hydrogen-bond donors (Lipinski definition) is 2. The van der Waals surface area contributed by atoms with Gasteiger partial charge in [0.15, 0.2) is 0 Å². The van der Waals surface area contributed by atoms with E-state index >= 15 is 0 Å². The number of piperidine rings is 1. The smallest absolute Gasteiger partial charge is 0.414 e. The predicted octanol–water partition coefficient (Wildman–Crippen LogP) is 2.97. The van der Waals surface area contributed by atoms with E-state index in [1.807, 2.05) is 0 Å². The summed E-state index contributed by atoms with van der Waals surface area (Å²) in [6.45, 7) is 9.65. The molecule has 1 aromatic carbocycles. The SMILES string of the molecule is CC(C)c1ccc(COCCN2CCCCC2)cc1.O=C(O)C(=O)O. The fourth-order valence-corrected chi connectivity index (χ4v) is 2.57. The first-order chi connectivity index (χ1) is 11.9. The third-order valence-corrected chi connectivity index (χ3v) is 4.10. The second-order valence-corrected chi connectivity index (χ2v) is 6.46. The van der Waals surface area contributed by atoms with E-state index in [4.69, 9.17) is 24.5 Å². The lowest BCUT2D eigenvalue weighted by Gasteiger charge is -2.26. The average Bonchev–Trinajstić information content (AvgIpc) is 2.60. The van der Waals surface area contributed by atoms with Crippen molar-refractivity contribution >= 4 is 11.9 Å². The largest absolute Gasteiger partial charge is 0.473 e. The fourth-order valence-electron chi connectivity index (χ4n) is 2.57. The molecule has 2 N–H and O–H groups in total. The first kappa shape index (κ1) is 21.1. The van der Waals surface area contributed by atoms with Crippen LogP contribution in [-0.4, -0.2) is 53.3 Å². The normalized spacial score (nSPS) is 14.7. The van der Waals surface area contributed by atoms with Gasteiger partial charge in [-0.05, 0) is 43.0 Å². The van der Waals surface area contributed by atoms with Gasteiger partial charge in [0, 0.05) is 6.54 Å². The number of rotatable bonds is 6. The zero-order valence-corrected chi connectivity index (χ0v) is 15.1. The Morgan fingerprint density at radius 1 is 1.04 bits per heavy atom. The number of aliphatic carboxylic acids is 2. The maximum absolute atomic E-state index is 9.10. The topological polar surface area (TPSA) is 87.1 Å². The molecule has 0 aliphatic carbocycles. The molecule has 1 aliphatic heterocycles. The Kier molecular flexibility index (Phi) is 9.80. The van der Waals surface area contributed by atoms with Gasteiger partial charge in [-0.2, -0.15) is 0 Å². The van der Waals surface area contributed by atoms with Gasteiger partial charge >= 0.3 is 11.9 Å². The molecule has 0 radical (unpaired) electrons. The van der Waals surface area contributed by atoms with Crippen molar-refractivity contribution < 1.29 is 24.5 Å². The Morgan fingerprint density at radius 2 is 1.60 bits per heavy atom. The van der Waals surface area contributed by atoms with Crippen molar-refractivity contribution in [2.24, 2.45) is 0 Å². The van der Waals surface area contributed by atoms with Crippen LogP contribution in [0.15, 0.2) is 24.3 Å². The highest BCUT2D eigenvalue weighted by Gasteiger charge is 2.09. The molecular formula is C19H29NO5. The van der Waals surface area contributed by atoms with Gasteiger partial charge in [0.1, 0.15) is 0 Å². The van der Waals surface area contributed by atoms with E-state index in [1.165, 1.54) is 43.5 Å². The van der Waals surface area contributed by atoms with E-state index in [0.29, 0.717) is 5.92 Å². The van der Waals surface area contributed by atoms with Crippen LogP contribution < -0.4 is 0 Å². The van der Waals surface area contributed by atoms with Crippen molar-refractivity contribution in [1.29, 1.82) is 0 Å². The third-order valence-electron chi connectivity index (χ3n) is 4.10. The minimum Gasteiger partial charge on any atom is -0.473 e. The Labute approximate surface area is 149 Å². The quantitative estimate of drug-likeness (QED) is 0.605. The van der Waals surface area contributed by atoms with Gasteiger partial charge in [0.05, 0.1) is 13.2 Å². The summed E-state index contributed by atoms with van der Waals surface area (Å²) in [5, 5.41) is 14.8. The van der Waals surface area contributed by atoms with Crippen molar-refractivity contribution in [2.75, 3.05) is 26.2 Å². The second kappa shape index (κ2) is 11.6. The zero-order valence-electron chi connectivity index (χ0n) is 15.1. The highest BCUT2D eigenvalue weighted by Crippen LogP contribution is 2.15. The van der Waals surface area contributed by atoms with Crippen molar-refractivity contribution in [3.05, 3.63) is 35.4 Å². The van der Waals surface area contributed by atoms with Crippen molar-refractivity contribution in [2.45, 2.75) is 45.6 Å². The molecule has 1 aliphatic rings. The number of ether oxygens (including phenoxy) is 1. The van der Waals surface area contributed by atoms with Crippen LogP contribution in [0.5, 0.6) is 0 Å². The molecule has 0 spiro atoms. The molecule has 0 atom stereocenters. The number of carbonyl (C=O) groups is 2. The first-order valence-electron chi connectivity index (χ1n) is 8.75. The Hall–Kier alpha value is -1.92. The molecule has 1 saturated heterocycles. The highest BCUT2D eigenvalue weighted by atomic mass is 16.5. The summed E-state index contributed by atoms with van der Waals surface area (Å²) in [5.41, 5.74) is 2.68. The summed E-state index contributed by atoms with van der Waals surface area (Å²) < 4.78 is 5.78. The maximum atomic E-state index is 9.10. The van der Waals surface area contributed by atoms with Crippen LogP contribution in [-0.2, 0) is 20.9 Å². The van der Waals surface area contributed by atoms with Crippen LogP contribution >= 0.6 is 0 Å². The number of carboxylic acids is 2. The van der Waals surface area contributed by atoms with E-state index < -0.39 is 11.9 Å². The van der Waals surface area contributed by atoms with E-state index in [1.54, 1.807) is 0 Å². The zero-order chi connectivity index (χ0) is 18.7. The molecule has 140 valence electrons. The number of nitrogens with zero attached hydrogens (tertiary/aromatic N) is 1. The summed E-state index contributed by atoms with van der Waals surface area (Å²) in [5.74, 6) is -3.04. The van der Waals surface area contributed by atoms with Gasteiger partial charge in [-0.25, -0.2) is 9.59 Å².